The first-order valence-corrected chi connectivity index (χ1v) is 9.80. The second-order valence-electron chi connectivity index (χ2n) is 7.02. The van der Waals surface area contributed by atoms with Crippen LogP contribution in [0.25, 0.3) is 0 Å². The van der Waals surface area contributed by atoms with Gasteiger partial charge in [0.25, 0.3) is 0 Å². The monoisotopic (exact) mass is 437 g/mol. The lowest BCUT2D eigenvalue weighted by Gasteiger charge is -2.19. The van der Waals surface area contributed by atoms with Crippen LogP contribution < -0.4 is 5.32 Å². The number of carboxylic acids is 1. The summed E-state index contributed by atoms with van der Waals surface area (Å²) in [7, 11) is 0. The molecule has 0 aromatic rings. The highest BCUT2D eigenvalue weighted by Crippen LogP contribution is 2.07. The molecule has 0 aromatic heterocycles. The smallest absolute Gasteiger partial charge is 0.329 e. The van der Waals surface area contributed by atoms with Crippen LogP contribution in [0.3, 0.4) is 0 Å². The van der Waals surface area contributed by atoms with Crippen LogP contribution in [0, 0.1) is 0 Å². The van der Waals surface area contributed by atoms with Crippen LogP contribution in [0.4, 0.5) is 0 Å². The first-order valence-electron chi connectivity index (χ1n) is 9.80. The summed E-state index contributed by atoms with van der Waals surface area (Å²) < 4.78 is 31.0. The predicted octanol–water partition coefficient (Wildman–Crippen LogP) is 0.00200. The Balaban J connectivity index is 3.24. The van der Waals surface area contributed by atoms with E-state index in [-0.39, 0.29) is 19.0 Å². The van der Waals surface area contributed by atoms with E-state index in [4.69, 9.17) is 28.8 Å². The Bertz CT molecular complexity index is 478. The van der Waals surface area contributed by atoms with Gasteiger partial charge in [-0.2, -0.15) is 0 Å². The Morgan fingerprint density at radius 2 is 1.23 bits per heavy atom. The third-order valence-corrected chi connectivity index (χ3v) is 3.01. The number of carbonyl (C=O) groups is 3. The molecular formula is C19H35NO10. The number of hydrogen-bond donors (Lipinski definition) is 2. The lowest BCUT2D eigenvalue weighted by Crippen LogP contribution is -2.31. The third-order valence-electron chi connectivity index (χ3n) is 3.01. The third kappa shape index (κ3) is 22.5. The molecule has 0 bridgehead atoms. The molecule has 0 fully saturated rings. The summed E-state index contributed by atoms with van der Waals surface area (Å²) >= 11 is 0. The van der Waals surface area contributed by atoms with Crippen LogP contribution in [0.15, 0.2) is 0 Å². The van der Waals surface area contributed by atoms with Crippen LogP contribution in [0.2, 0.25) is 0 Å². The second kappa shape index (κ2) is 18.0. The zero-order valence-corrected chi connectivity index (χ0v) is 18.1. The van der Waals surface area contributed by atoms with E-state index in [0.717, 1.165) is 0 Å². The Morgan fingerprint density at radius 1 is 0.733 bits per heavy atom. The van der Waals surface area contributed by atoms with Crippen LogP contribution >= 0.6 is 0 Å². The van der Waals surface area contributed by atoms with Gasteiger partial charge in [0, 0.05) is 6.54 Å². The molecule has 0 atom stereocenters. The topological polar surface area (TPSA) is 139 Å². The van der Waals surface area contributed by atoms with Gasteiger partial charge < -0.3 is 38.8 Å². The van der Waals surface area contributed by atoms with E-state index in [1.54, 1.807) is 0 Å². The first kappa shape index (κ1) is 28.2. The fourth-order valence-electron chi connectivity index (χ4n) is 1.85. The SMILES string of the molecule is CC(C)(C)OC(=O)CCOCCOCCOCCOCCNC(=O)COCC(=O)O. The van der Waals surface area contributed by atoms with Crippen molar-refractivity contribution < 1.29 is 47.9 Å². The van der Waals surface area contributed by atoms with Crippen LogP contribution in [-0.4, -0.2) is 101 Å². The van der Waals surface area contributed by atoms with Gasteiger partial charge in [0.2, 0.25) is 5.91 Å². The summed E-state index contributed by atoms with van der Waals surface area (Å²) in [6.07, 6.45) is 0.211. The summed E-state index contributed by atoms with van der Waals surface area (Å²) in [6.45, 7) is 7.94. The molecule has 0 rings (SSSR count). The number of nitrogens with one attached hydrogen (secondary N) is 1. The van der Waals surface area contributed by atoms with Crippen molar-refractivity contribution >= 4 is 17.8 Å². The predicted molar refractivity (Wildman–Crippen MR) is 105 cm³/mol. The molecule has 0 unspecified atom stereocenters. The number of rotatable bonds is 19. The summed E-state index contributed by atoms with van der Waals surface area (Å²) in [5.74, 6) is -1.81. The summed E-state index contributed by atoms with van der Waals surface area (Å²) in [6, 6.07) is 0. The lowest BCUT2D eigenvalue weighted by atomic mass is 10.2. The fraction of sp³-hybridized carbons (Fsp3) is 0.842. The van der Waals surface area contributed by atoms with E-state index in [1.807, 2.05) is 20.8 Å². The van der Waals surface area contributed by atoms with E-state index < -0.39 is 24.1 Å². The number of ether oxygens (including phenoxy) is 6. The first-order chi connectivity index (χ1) is 14.2. The maximum Gasteiger partial charge on any atom is 0.329 e. The molecule has 11 nitrogen and oxygen atoms in total. The van der Waals surface area contributed by atoms with Crippen LogP contribution in [-0.2, 0) is 42.8 Å². The van der Waals surface area contributed by atoms with E-state index in [9.17, 15) is 14.4 Å². The van der Waals surface area contributed by atoms with E-state index in [2.05, 4.69) is 10.1 Å². The van der Waals surface area contributed by atoms with Crippen LogP contribution in [0.5, 0.6) is 0 Å². The number of aliphatic carboxylic acids is 1. The minimum atomic E-state index is -1.12. The van der Waals surface area contributed by atoms with Crippen LogP contribution in [0.1, 0.15) is 27.2 Å². The van der Waals surface area contributed by atoms with Gasteiger partial charge in [0.15, 0.2) is 0 Å². The van der Waals surface area contributed by atoms with Crippen molar-refractivity contribution in [3.05, 3.63) is 0 Å². The number of carbonyl (C=O) groups excluding carboxylic acids is 2. The maximum atomic E-state index is 11.5. The molecule has 1 amide bonds. The Morgan fingerprint density at radius 3 is 1.73 bits per heavy atom. The summed E-state index contributed by atoms with van der Waals surface area (Å²) in [4.78, 5) is 33.0. The highest BCUT2D eigenvalue weighted by Gasteiger charge is 2.15. The van der Waals surface area contributed by atoms with Gasteiger partial charge in [-0.15, -0.1) is 0 Å². The lowest BCUT2D eigenvalue weighted by molar-refractivity contribution is -0.156. The second-order valence-corrected chi connectivity index (χ2v) is 7.02. The van der Waals surface area contributed by atoms with Gasteiger partial charge in [-0.25, -0.2) is 4.79 Å². The highest BCUT2D eigenvalue weighted by atomic mass is 16.6. The molecule has 0 saturated heterocycles. The molecular weight excluding hydrogens is 402 g/mol. The Labute approximate surface area is 177 Å². The zero-order chi connectivity index (χ0) is 22.7. The number of hydrogen-bond acceptors (Lipinski definition) is 9. The maximum absolute atomic E-state index is 11.5. The average Bonchev–Trinajstić information content (AvgIpc) is 2.63. The van der Waals surface area contributed by atoms with Gasteiger partial charge in [-0.05, 0) is 20.8 Å². The van der Waals surface area contributed by atoms with Gasteiger partial charge >= 0.3 is 11.9 Å². The highest BCUT2D eigenvalue weighted by molar-refractivity contribution is 5.77. The average molecular weight is 437 g/mol. The van der Waals surface area contributed by atoms with Crippen molar-refractivity contribution in [2.24, 2.45) is 0 Å². The minimum Gasteiger partial charge on any atom is -0.480 e. The largest absolute Gasteiger partial charge is 0.480 e. The fourth-order valence-corrected chi connectivity index (χ4v) is 1.85. The molecule has 176 valence electrons. The Kier molecular flexibility index (Phi) is 16.9. The zero-order valence-electron chi connectivity index (χ0n) is 18.1. The van der Waals surface area contributed by atoms with Crippen molar-refractivity contribution in [2.45, 2.75) is 32.8 Å². The molecule has 0 aliphatic rings. The van der Waals surface area contributed by atoms with Gasteiger partial charge in [0.1, 0.15) is 18.8 Å². The van der Waals surface area contributed by atoms with Crippen molar-refractivity contribution in [1.82, 2.24) is 5.32 Å². The van der Waals surface area contributed by atoms with Crippen molar-refractivity contribution in [3.8, 4) is 0 Å². The minimum absolute atomic E-state index is 0.211. The van der Waals surface area contributed by atoms with E-state index in [0.29, 0.717) is 59.4 Å². The normalized spacial score (nSPS) is 11.3. The van der Waals surface area contributed by atoms with Crippen molar-refractivity contribution in [2.75, 3.05) is 72.6 Å². The Hall–Kier alpha value is -1.79. The molecule has 0 spiro atoms. The molecule has 30 heavy (non-hydrogen) atoms. The van der Waals surface area contributed by atoms with Gasteiger partial charge in [-0.3, -0.25) is 9.59 Å². The molecule has 0 saturated carbocycles. The van der Waals surface area contributed by atoms with E-state index in [1.165, 1.54) is 0 Å². The number of amides is 1. The summed E-state index contributed by atoms with van der Waals surface area (Å²) in [5.41, 5.74) is -0.485. The molecule has 0 aliphatic carbocycles. The molecule has 0 aliphatic heterocycles. The van der Waals surface area contributed by atoms with Crippen molar-refractivity contribution in [1.29, 1.82) is 0 Å². The van der Waals surface area contributed by atoms with Crippen molar-refractivity contribution in [3.63, 3.8) is 0 Å². The molecule has 0 aromatic carbocycles. The molecule has 11 heteroatoms. The van der Waals surface area contributed by atoms with E-state index >= 15 is 0 Å². The standard InChI is InChI=1S/C19H35NO10/c1-19(2,3)30-18(24)4-6-25-8-10-27-12-13-28-11-9-26-7-5-20-16(21)14-29-15-17(22)23/h4-15H2,1-3H3,(H,20,21)(H,22,23). The molecule has 0 radical (unpaired) electrons. The molecule has 2 N–H and O–H groups in total. The summed E-state index contributed by atoms with van der Waals surface area (Å²) in [5, 5.41) is 10.9. The molecule has 0 heterocycles. The van der Waals surface area contributed by atoms with Gasteiger partial charge in [-0.1, -0.05) is 0 Å². The number of esters is 1. The quantitative estimate of drug-likeness (QED) is 0.210. The number of carboxylic acid groups (broad SMARTS) is 1. The van der Waals surface area contributed by atoms with Gasteiger partial charge in [0.05, 0.1) is 59.3 Å².